The number of benzene rings is 1. The van der Waals surface area contributed by atoms with Crippen molar-refractivity contribution in [3.8, 4) is 11.6 Å². The topological polar surface area (TPSA) is 54.4 Å². The highest BCUT2D eigenvalue weighted by molar-refractivity contribution is 5.33. The SMILES string of the molecule is COc1ccc(CNCc2cccc(F)c2O)cn1. The van der Waals surface area contributed by atoms with Crippen LogP contribution in [0.2, 0.25) is 0 Å². The van der Waals surface area contributed by atoms with Crippen LogP contribution in [-0.2, 0) is 13.1 Å². The summed E-state index contributed by atoms with van der Waals surface area (Å²) in [7, 11) is 1.56. The van der Waals surface area contributed by atoms with Gasteiger partial charge in [-0.1, -0.05) is 18.2 Å². The lowest BCUT2D eigenvalue weighted by molar-refractivity contribution is 0.397. The van der Waals surface area contributed by atoms with Crippen molar-refractivity contribution >= 4 is 0 Å². The third-order valence-electron chi connectivity index (χ3n) is 2.72. The zero-order chi connectivity index (χ0) is 13.7. The number of methoxy groups -OCH3 is 1. The first-order chi connectivity index (χ1) is 9.20. The number of aromatic hydroxyl groups is 1. The molecule has 0 saturated heterocycles. The Morgan fingerprint density at radius 2 is 2.11 bits per heavy atom. The molecule has 0 amide bonds. The fourth-order valence-corrected chi connectivity index (χ4v) is 1.68. The molecule has 4 nitrogen and oxygen atoms in total. The molecule has 0 radical (unpaired) electrons. The smallest absolute Gasteiger partial charge is 0.212 e. The number of pyridine rings is 1. The van der Waals surface area contributed by atoms with Gasteiger partial charge in [0.1, 0.15) is 0 Å². The van der Waals surface area contributed by atoms with Crippen LogP contribution in [0.1, 0.15) is 11.1 Å². The lowest BCUT2D eigenvalue weighted by Gasteiger charge is -2.07. The summed E-state index contributed by atoms with van der Waals surface area (Å²) in [6, 6.07) is 8.14. The molecule has 0 saturated carbocycles. The molecule has 2 aromatic rings. The van der Waals surface area contributed by atoms with E-state index >= 15 is 0 Å². The summed E-state index contributed by atoms with van der Waals surface area (Å²) in [5.41, 5.74) is 1.51. The van der Waals surface area contributed by atoms with Crippen molar-refractivity contribution in [2.45, 2.75) is 13.1 Å². The maximum Gasteiger partial charge on any atom is 0.212 e. The minimum absolute atomic E-state index is 0.303. The van der Waals surface area contributed by atoms with Crippen LogP contribution in [-0.4, -0.2) is 17.2 Å². The molecule has 5 heteroatoms. The molecule has 0 spiro atoms. The Hall–Kier alpha value is -2.14. The minimum Gasteiger partial charge on any atom is -0.505 e. The summed E-state index contributed by atoms with van der Waals surface area (Å²) in [4.78, 5) is 4.08. The Morgan fingerprint density at radius 1 is 1.26 bits per heavy atom. The summed E-state index contributed by atoms with van der Waals surface area (Å²) in [5, 5.41) is 12.6. The number of phenolic OH excluding ortho intramolecular Hbond substituents is 1. The van der Waals surface area contributed by atoms with Gasteiger partial charge in [-0.15, -0.1) is 0 Å². The molecule has 1 aromatic heterocycles. The number of para-hydroxylation sites is 1. The molecular formula is C14H15FN2O2. The third kappa shape index (κ3) is 3.42. The second-order valence-electron chi connectivity index (χ2n) is 4.06. The van der Waals surface area contributed by atoms with Gasteiger partial charge in [0.15, 0.2) is 11.6 Å². The fourth-order valence-electron chi connectivity index (χ4n) is 1.68. The van der Waals surface area contributed by atoms with Crippen LogP contribution in [0.4, 0.5) is 4.39 Å². The quantitative estimate of drug-likeness (QED) is 0.867. The molecule has 0 aliphatic rings. The Balaban J connectivity index is 1.90. The number of hydrogen-bond acceptors (Lipinski definition) is 4. The van der Waals surface area contributed by atoms with E-state index in [1.54, 1.807) is 31.5 Å². The Morgan fingerprint density at radius 3 is 2.79 bits per heavy atom. The standard InChI is InChI=1S/C14H15FN2O2/c1-19-13-6-5-10(8-17-13)7-16-9-11-3-2-4-12(15)14(11)18/h2-6,8,16,18H,7,9H2,1H3. The fraction of sp³-hybridized carbons (Fsp3) is 0.214. The zero-order valence-electron chi connectivity index (χ0n) is 10.6. The van der Waals surface area contributed by atoms with Gasteiger partial charge in [-0.2, -0.15) is 0 Å². The number of phenols is 1. The molecule has 0 fully saturated rings. The first kappa shape index (κ1) is 13.3. The molecule has 0 unspecified atom stereocenters. The van der Waals surface area contributed by atoms with E-state index in [-0.39, 0.29) is 5.75 Å². The molecule has 0 bridgehead atoms. The van der Waals surface area contributed by atoms with Crippen LogP contribution in [0.3, 0.4) is 0 Å². The van der Waals surface area contributed by atoms with Crippen LogP contribution in [0.25, 0.3) is 0 Å². The average molecular weight is 262 g/mol. The first-order valence-corrected chi connectivity index (χ1v) is 5.86. The maximum atomic E-state index is 13.1. The number of halogens is 1. The van der Waals surface area contributed by atoms with E-state index in [0.717, 1.165) is 5.56 Å². The molecule has 2 N–H and O–H groups in total. The van der Waals surface area contributed by atoms with Crippen LogP contribution in [0, 0.1) is 5.82 Å². The van der Waals surface area contributed by atoms with Crippen molar-refractivity contribution < 1.29 is 14.2 Å². The van der Waals surface area contributed by atoms with E-state index in [1.165, 1.54) is 6.07 Å². The van der Waals surface area contributed by atoms with Crippen molar-refractivity contribution in [2.24, 2.45) is 0 Å². The van der Waals surface area contributed by atoms with Crippen molar-refractivity contribution in [2.75, 3.05) is 7.11 Å². The van der Waals surface area contributed by atoms with Gasteiger partial charge in [0.05, 0.1) is 7.11 Å². The summed E-state index contributed by atoms with van der Waals surface area (Å²) in [6.45, 7) is 0.961. The van der Waals surface area contributed by atoms with Crippen molar-refractivity contribution in [3.05, 3.63) is 53.5 Å². The number of nitrogens with one attached hydrogen (secondary N) is 1. The number of nitrogens with zero attached hydrogens (tertiary/aromatic N) is 1. The molecule has 19 heavy (non-hydrogen) atoms. The molecule has 1 heterocycles. The number of ether oxygens (including phenoxy) is 1. The van der Waals surface area contributed by atoms with Crippen molar-refractivity contribution in [1.29, 1.82) is 0 Å². The number of aromatic nitrogens is 1. The van der Waals surface area contributed by atoms with Crippen molar-refractivity contribution in [3.63, 3.8) is 0 Å². The molecule has 0 aliphatic carbocycles. The molecule has 2 rings (SSSR count). The van der Waals surface area contributed by atoms with Gasteiger partial charge in [-0.25, -0.2) is 9.37 Å². The largest absolute Gasteiger partial charge is 0.505 e. The highest BCUT2D eigenvalue weighted by Gasteiger charge is 2.05. The van der Waals surface area contributed by atoms with Gasteiger partial charge in [0.2, 0.25) is 5.88 Å². The van der Waals surface area contributed by atoms with E-state index in [0.29, 0.717) is 24.5 Å². The van der Waals surface area contributed by atoms with Crippen LogP contribution in [0.15, 0.2) is 36.5 Å². The zero-order valence-corrected chi connectivity index (χ0v) is 10.6. The highest BCUT2D eigenvalue weighted by Crippen LogP contribution is 2.20. The second kappa shape index (κ2) is 6.15. The molecule has 1 aromatic carbocycles. The third-order valence-corrected chi connectivity index (χ3v) is 2.72. The van der Waals surface area contributed by atoms with Gasteiger partial charge in [0, 0.05) is 30.9 Å². The summed E-state index contributed by atoms with van der Waals surface area (Å²) >= 11 is 0. The predicted octanol–water partition coefficient (Wildman–Crippen LogP) is 2.22. The average Bonchev–Trinajstić information content (AvgIpc) is 2.44. The van der Waals surface area contributed by atoms with Gasteiger partial charge >= 0.3 is 0 Å². The van der Waals surface area contributed by atoms with Crippen molar-refractivity contribution in [1.82, 2.24) is 10.3 Å². The minimum atomic E-state index is -0.606. The summed E-state index contributed by atoms with van der Waals surface area (Å²) in [6.07, 6.45) is 1.71. The molecule has 0 atom stereocenters. The van der Waals surface area contributed by atoms with Gasteiger partial charge in [-0.05, 0) is 11.6 Å². The van der Waals surface area contributed by atoms with E-state index in [2.05, 4.69) is 10.3 Å². The molecular weight excluding hydrogens is 247 g/mol. The lowest BCUT2D eigenvalue weighted by Crippen LogP contribution is -2.13. The number of hydrogen-bond donors (Lipinski definition) is 2. The van der Waals surface area contributed by atoms with Gasteiger partial charge in [-0.3, -0.25) is 0 Å². The van der Waals surface area contributed by atoms with Crippen LogP contribution in [0.5, 0.6) is 11.6 Å². The summed E-state index contributed by atoms with van der Waals surface area (Å²) < 4.78 is 18.1. The molecule has 0 aliphatic heterocycles. The maximum absolute atomic E-state index is 13.1. The lowest BCUT2D eigenvalue weighted by atomic mass is 10.2. The number of rotatable bonds is 5. The van der Waals surface area contributed by atoms with E-state index in [1.807, 2.05) is 6.07 Å². The van der Waals surface area contributed by atoms with E-state index < -0.39 is 5.82 Å². The predicted molar refractivity (Wildman–Crippen MR) is 69.4 cm³/mol. The van der Waals surface area contributed by atoms with Crippen LogP contribution < -0.4 is 10.1 Å². The Kier molecular flexibility index (Phi) is 4.30. The van der Waals surface area contributed by atoms with Crippen LogP contribution >= 0.6 is 0 Å². The highest BCUT2D eigenvalue weighted by atomic mass is 19.1. The molecule has 100 valence electrons. The van der Waals surface area contributed by atoms with Gasteiger partial charge < -0.3 is 15.2 Å². The Labute approximate surface area is 110 Å². The van der Waals surface area contributed by atoms with E-state index in [4.69, 9.17) is 4.74 Å². The first-order valence-electron chi connectivity index (χ1n) is 5.86. The Bertz CT molecular complexity index is 544. The second-order valence-corrected chi connectivity index (χ2v) is 4.06. The van der Waals surface area contributed by atoms with Gasteiger partial charge in [0.25, 0.3) is 0 Å². The normalized spacial score (nSPS) is 10.4. The monoisotopic (exact) mass is 262 g/mol. The van der Waals surface area contributed by atoms with E-state index in [9.17, 15) is 9.50 Å². The summed E-state index contributed by atoms with van der Waals surface area (Å²) in [5.74, 6) is -0.347.